The molecule has 21 heavy (non-hydrogen) atoms. The van der Waals surface area contributed by atoms with Gasteiger partial charge < -0.3 is 5.11 Å². The van der Waals surface area contributed by atoms with E-state index in [1.165, 1.54) is 31.2 Å². The Morgan fingerprint density at radius 3 is 2.38 bits per heavy atom. The molecule has 0 aliphatic heterocycles. The summed E-state index contributed by atoms with van der Waals surface area (Å²) in [6.45, 7) is 3.13. The molecule has 2 N–H and O–H groups in total. The van der Waals surface area contributed by atoms with Gasteiger partial charge in [0, 0.05) is 0 Å². The summed E-state index contributed by atoms with van der Waals surface area (Å²) in [6.07, 6.45) is 0.914. The van der Waals surface area contributed by atoms with Crippen molar-refractivity contribution in [3.63, 3.8) is 0 Å². The largest absolute Gasteiger partial charge is 0.480 e. The van der Waals surface area contributed by atoms with Crippen molar-refractivity contribution < 1.29 is 18.3 Å². The molecule has 0 aliphatic rings. The first-order valence-electron chi connectivity index (χ1n) is 6.48. The van der Waals surface area contributed by atoms with Crippen LogP contribution < -0.4 is 4.72 Å². The first-order valence-corrected chi connectivity index (χ1v) is 7.97. The Kier molecular flexibility index (Phi) is 5.47. The Morgan fingerprint density at radius 1 is 1.38 bits per heavy atom. The summed E-state index contributed by atoms with van der Waals surface area (Å²) in [5, 5.41) is 17.8. The van der Waals surface area contributed by atoms with Crippen LogP contribution in [0.2, 0.25) is 0 Å². The monoisotopic (exact) mass is 310 g/mol. The molecule has 0 fully saturated rings. The molecule has 1 aromatic rings. The maximum atomic E-state index is 12.3. The molecule has 1 aromatic carbocycles. The highest BCUT2D eigenvalue weighted by atomic mass is 32.2. The molecule has 1 atom stereocenters. The van der Waals surface area contributed by atoms with Gasteiger partial charge in [0.15, 0.2) is 0 Å². The fraction of sp³-hybridized carbons (Fsp3) is 0.429. The smallest absolute Gasteiger partial charge is 0.324 e. The highest BCUT2D eigenvalue weighted by Crippen LogP contribution is 2.18. The SMILES string of the molecule is CCCC(C)(NS(=O)(=O)c1ccc(CC#N)cc1)C(=O)O. The molecule has 0 saturated carbocycles. The van der Waals surface area contributed by atoms with Crippen molar-refractivity contribution in [2.75, 3.05) is 0 Å². The van der Waals surface area contributed by atoms with Gasteiger partial charge in [0.25, 0.3) is 0 Å². The van der Waals surface area contributed by atoms with E-state index in [1.54, 1.807) is 6.92 Å². The molecule has 0 aromatic heterocycles. The summed E-state index contributed by atoms with van der Waals surface area (Å²) in [5.74, 6) is -1.21. The van der Waals surface area contributed by atoms with Gasteiger partial charge in [-0.25, -0.2) is 8.42 Å². The molecule has 0 heterocycles. The van der Waals surface area contributed by atoms with Gasteiger partial charge in [-0.05, 0) is 31.0 Å². The van der Waals surface area contributed by atoms with E-state index >= 15 is 0 Å². The predicted octanol–water partition coefficient (Wildman–Crippen LogP) is 1.67. The number of benzene rings is 1. The number of nitriles is 1. The Hall–Kier alpha value is -1.91. The molecular formula is C14H18N2O4S. The number of nitrogens with zero attached hydrogens (tertiary/aromatic N) is 1. The first kappa shape index (κ1) is 17.1. The number of aliphatic carboxylic acids is 1. The third-order valence-electron chi connectivity index (χ3n) is 3.10. The highest BCUT2D eigenvalue weighted by molar-refractivity contribution is 7.89. The lowest BCUT2D eigenvalue weighted by atomic mass is 9.98. The van der Waals surface area contributed by atoms with Crippen LogP contribution in [0.5, 0.6) is 0 Å². The second-order valence-electron chi connectivity index (χ2n) is 4.97. The fourth-order valence-corrected chi connectivity index (χ4v) is 3.33. The molecule has 0 radical (unpaired) electrons. The van der Waals surface area contributed by atoms with Gasteiger partial charge in [0.05, 0.1) is 17.4 Å². The Bertz CT molecular complexity index is 647. The van der Waals surface area contributed by atoms with Crippen LogP contribution in [0.3, 0.4) is 0 Å². The predicted molar refractivity (Wildman–Crippen MR) is 77.0 cm³/mol. The lowest BCUT2D eigenvalue weighted by molar-refractivity contribution is -0.143. The van der Waals surface area contributed by atoms with Crippen molar-refractivity contribution in [1.29, 1.82) is 5.26 Å². The average molecular weight is 310 g/mol. The zero-order valence-corrected chi connectivity index (χ0v) is 12.8. The van der Waals surface area contributed by atoms with Crippen LogP contribution in [0.15, 0.2) is 29.2 Å². The highest BCUT2D eigenvalue weighted by Gasteiger charge is 2.36. The number of nitrogens with one attached hydrogen (secondary N) is 1. The van der Waals surface area contributed by atoms with E-state index in [4.69, 9.17) is 5.26 Å². The van der Waals surface area contributed by atoms with Crippen molar-refractivity contribution in [2.45, 2.75) is 43.5 Å². The Balaban J connectivity index is 3.05. The molecule has 1 unspecified atom stereocenters. The van der Waals surface area contributed by atoms with E-state index in [0.29, 0.717) is 12.0 Å². The summed E-state index contributed by atoms with van der Waals surface area (Å²) in [6, 6.07) is 7.77. The van der Waals surface area contributed by atoms with Crippen LogP contribution in [0.1, 0.15) is 32.3 Å². The summed E-state index contributed by atoms with van der Waals surface area (Å²) < 4.78 is 26.8. The summed E-state index contributed by atoms with van der Waals surface area (Å²) >= 11 is 0. The van der Waals surface area contributed by atoms with Crippen LogP contribution in [0.4, 0.5) is 0 Å². The number of rotatable bonds is 7. The summed E-state index contributed by atoms with van der Waals surface area (Å²) in [5.41, 5.74) is -0.843. The molecule has 7 heteroatoms. The summed E-state index contributed by atoms with van der Waals surface area (Å²) in [4.78, 5) is 11.3. The van der Waals surface area contributed by atoms with E-state index in [-0.39, 0.29) is 17.7 Å². The number of carboxylic acids is 1. The van der Waals surface area contributed by atoms with Gasteiger partial charge in [-0.15, -0.1) is 0 Å². The quantitative estimate of drug-likeness (QED) is 0.796. The topological polar surface area (TPSA) is 107 Å². The molecule has 0 aliphatic carbocycles. The molecular weight excluding hydrogens is 292 g/mol. The van der Waals surface area contributed by atoms with Crippen LogP contribution in [0.25, 0.3) is 0 Å². The van der Waals surface area contributed by atoms with Crippen molar-refractivity contribution in [2.24, 2.45) is 0 Å². The van der Waals surface area contributed by atoms with Crippen molar-refractivity contribution in [3.05, 3.63) is 29.8 Å². The van der Waals surface area contributed by atoms with E-state index in [1.807, 2.05) is 6.07 Å². The van der Waals surface area contributed by atoms with Crippen molar-refractivity contribution in [3.8, 4) is 6.07 Å². The van der Waals surface area contributed by atoms with Crippen LogP contribution in [0, 0.1) is 11.3 Å². The second-order valence-corrected chi connectivity index (χ2v) is 6.65. The standard InChI is InChI=1S/C14H18N2O4S/c1-3-9-14(2,13(17)18)16-21(19,20)12-6-4-11(5-7-12)8-10-15/h4-7,16H,3,8-9H2,1-2H3,(H,17,18). The maximum Gasteiger partial charge on any atom is 0.324 e. The maximum absolute atomic E-state index is 12.3. The fourth-order valence-electron chi connectivity index (χ4n) is 1.93. The third kappa shape index (κ3) is 4.28. The van der Waals surface area contributed by atoms with Crippen LogP contribution in [-0.4, -0.2) is 25.0 Å². The van der Waals surface area contributed by atoms with Crippen LogP contribution in [-0.2, 0) is 21.2 Å². The van der Waals surface area contributed by atoms with Gasteiger partial charge in [-0.1, -0.05) is 25.5 Å². The molecule has 0 amide bonds. The van der Waals surface area contributed by atoms with Gasteiger partial charge >= 0.3 is 5.97 Å². The zero-order valence-electron chi connectivity index (χ0n) is 12.0. The molecule has 0 spiro atoms. The molecule has 1 rings (SSSR count). The average Bonchev–Trinajstić information content (AvgIpc) is 2.39. The number of carboxylic acid groups (broad SMARTS) is 1. The second kappa shape index (κ2) is 6.70. The minimum Gasteiger partial charge on any atom is -0.480 e. The Morgan fingerprint density at radius 2 is 1.95 bits per heavy atom. The van der Waals surface area contributed by atoms with E-state index in [2.05, 4.69) is 4.72 Å². The number of hydrogen-bond donors (Lipinski definition) is 2. The normalized spacial score (nSPS) is 14.1. The van der Waals surface area contributed by atoms with Gasteiger partial charge in [-0.3, -0.25) is 4.79 Å². The van der Waals surface area contributed by atoms with E-state index in [0.717, 1.165) is 0 Å². The van der Waals surface area contributed by atoms with E-state index in [9.17, 15) is 18.3 Å². The zero-order chi connectivity index (χ0) is 16.1. The number of hydrogen-bond acceptors (Lipinski definition) is 4. The summed E-state index contributed by atoms with van der Waals surface area (Å²) in [7, 11) is -3.93. The van der Waals surface area contributed by atoms with Crippen molar-refractivity contribution >= 4 is 16.0 Å². The minimum absolute atomic E-state index is 0.0206. The van der Waals surface area contributed by atoms with Crippen molar-refractivity contribution in [1.82, 2.24) is 4.72 Å². The first-order chi connectivity index (χ1) is 9.75. The Labute approximate surface area is 124 Å². The number of carbonyl (C=O) groups is 1. The molecule has 0 bridgehead atoms. The lowest BCUT2D eigenvalue weighted by Gasteiger charge is -2.25. The van der Waals surface area contributed by atoms with Gasteiger partial charge in [0.1, 0.15) is 5.54 Å². The number of sulfonamides is 1. The molecule has 114 valence electrons. The van der Waals surface area contributed by atoms with Gasteiger partial charge in [-0.2, -0.15) is 9.98 Å². The molecule has 0 saturated heterocycles. The minimum atomic E-state index is -3.93. The lowest BCUT2D eigenvalue weighted by Crippen LogP contribution is -2.51. The van der Waals surface area contributed by atoms with Gasteiger partial charge in [0.2, 0.25) is 10.0 Å². The molecule has 6 nitrogen and oxygen atoms in total. The van der Waals surface area contributed by atoms with Crippen LogP contribution >= 0.6 is 0 Å². The van der Waals surface area contributed by atoms with E-state index < -0.39 is 21.5 Å². The third-order valence-corrected chi connectivity index (χ3v) is 4.71.